The number of anilines is 2. The molecule has 2 rings (SSSR count). The molecule has 1 unspecified atom stereocenters. The maximum absolute atomic E-state index is 5.75. The Balaban J connectivity index is 2.21. The second-order valence-corrected chi connectivity index (χ2v) is 4.53. The number of nitrogens with two attached hydrogens (primary N) is 1. The van der Waals surface area contributed by atoms with E-state index < -0.39 is 0 Å². The van der Waals surface area contributed by atoms with Gasteiger partial charge in [-0.3, -0.25) is 0 Å². The highest BCUT2D eigenvalue weighted by atomic mass is 15.2. The number of pyridine rings is 1. The predicted molar refractivity (Wildman–Crippen MR) is 68.5 cm³/mol. The van der Waals surface area contributed by atoms with Crippen LogP contribution in [0.1, 0.15) is 39.0 Å². The predicted octanol–water partition coefficient (Wildman–Crippen LogP) is 2.82. The minimum atomic E-state index is 0.622. The lowest BCUT2D eigenvalue weighted by Crippen LogP contribution is -2.35. The largest absolute Gasteiger partial charge is 0.384 e. The van der Waals surface area contributed by atoms with Crippen LogP contribution in [0.2, 0.25) is 0 Å². The highest BCUT2D eigenvalue weighted by Gasteiger charge is 2.20. The third-order valence-electron chi connectivity index (χ3n) is 3.40. The second kappa shape index (κ2) is 5.19. The van der Waals surface area contributed by atoms with Gasteiger partial charge in [0.1, 0.15) is 11.6 Å². The molecule has 2 N–H and O–H groups in total. The number of aromatic nitrogens is 1. The van der Waals surface area contributed by atoms with Gasteiger partial charge in [0.2, 0.25) is 0 Å². The molecule has 1 aromatic heterocycles. The summed E-state index contributed by atoms with van der Waals surface area (Å²) in [4.78, 5) is 6.87. The number of hydrogen-bond acceptors (Lipinski definition) is 3. The Kier molecular flexibility index (Phi) is 3.65. The molecule has 0 aliphatic carbocycles. The maximum Gasteiger partial charge on any atom is 0.131 e. The van der Waals surface area contributed by atoms with Crippen molar-refractivity contribution in [2.75, 3.05) is 17.2 Å². The zero-order valence-corrected chi connectivity index (χ0v) is 10.0. The van der Waals surface area contributed by atoms with Gasteiger partial charge in [0.05, 0.1) is 0 Å². The number of nitrogen functional groups attached to an aromatic ring is 1. The van der Waals surface area contributed by atoms with Gasteiger partial charge in [-0.1, -0.05) is 25.8 Å². The lowest BCUT2D eigenvalue weighted by molar-refractivity contribution is 0.552. The normalized spacial score (nSPS) is 21.8. The Bertz CT molecular complexity index is 338. The van der Waals surface area contributed by atoms with Crippen LogP contribution in [0.25, 0.3) is 0 Å². The van der Waals surface area contributed by atoms with E-state index >= 15 is 0 Å². The van der Waals surface area contributed by atoms with E-state index in [1.165, 1.54) is 32.1 Å². The first kappa shape index (κ1) is 11.2. The van der Waals surface area contributed by atoms with Crippen molar-refractivity contribution in [1.29, 1.82) is 0 Å². The van der Waals surface area contributed by atoms with E-state index in [1.807, 2.05) is 12.1 Å². The molecule has 0 bridgehead atoms. The second-order valence-electron chi connectivity index (χ2n) is 4.53. The van der Waals surface area contributed by atoms with E-state index in [0.717, 1.165) is 12.4 Å². The third kappa shape index (κ3) is 2.46. The van der Waals surface area contributed by atoms with E-state index in [-0.39, 0.29) is 0 Å². The molecular formula is C13H21N3. The van der Waals surface area contributed by atoms with Gasteiger partial charge in [-0.25, -0.2) is 4.98 Å². The van der Waals surface area contributed by atoms with Crippen molar-refractivity contribution in [2.45, 2.75) is 45.1 Å². The summed E-state index contributed by atoms with van der Waals surface area (Å²) < 4.78 is 0. The molecule has 1 atom stereocenters. The van der Waals surface area contributed by atoms with Gasteiger partial charge in [-0.15, -0.1) is 0 Å². The summed E-state index contributed by atoms with van der Waals surface area (Å²) in [6.07, 6.45) is 6.43. The zero-order valence-electron chi connectivity index (χ0n) is 10.0. The first-order valence-corrected chi connectivity index (χ1v) is 6.30. The maximum atomic E-state index is 5.75. The summed E-state index contributed by atoms with van der Waals surface area (Å²) in [6.45, 7) is 3.38. The van der Waals surface area contributed by atoms with Crippen molar-refractivity contribution in [3.05, 3.63) is 18.2 Å². The van der Waals surface area contributed by atoms with Crippen LogP contribution >= 0.6 is 0 Å². The van der Waals surface area contributed by atoms with Crippen molar-refractivity contribution in [1.82, 2.24) is 4.98 Å². The Labute approximate surface area is 97.7 Å². The monoisotopic (exact) mass is 219 g/mol. The average molecular weight is 219 g/mol. The fourth-order valence-corrected chi connectivity index (χ4v) is 2.50. The van der Waals surface area contributed by atoms with Crippen molar-refractivity contribution in [3.8, 4) is 0 Å². The minimum absolute atomic E-state index is 0.622. The van der Waals surface area contributed by atoms with Gasteiger partial charge in [-0.05, 0) is 31.4 Å². The summed E-state index contributed by atoms with van der Waals surface area (Å²) in [6, 6.07) is 6.55. The summed E-state index contributed by atoms with van der Waals surface area (Å²) in [5.74, 6) is 1.67. The molecule has 1 aliphatic rings. The van der Waals surface area contributed by atoms with Crippen LogP contribution in [0.15, 0.2) is 18.2 Å². The quantitative estimate of drug-likeness (QED) is 0.831. The summed E-state index contributed by atoms with van der Waals surface area (Å²) in [5.41, 5.74) is 5.75. The molecule has 88 valence electrons. The molecular weight excluding hydrogens is 198 g/mol. The van der Waals surface area contributed by atoms with Crippen LogP contribution in [0.5, 0.6) is 0 Å². The van der Waals surface area contributed by atoms with E-state index in [0.29, 0.717) is 11.9 Å². The van der Waals surface area contributed by atoms with Crippen molar-refractivity contribution >= 4 is 11.6 Å². The highest BCUT2D eigenvalue weighted by molar-refractivity contribution is 5.45. The van der Waals surface area contributed by atoms with Crippen molar-refractivity contribution < 1.29 is 0 Å². The Morgan fingerprint density at radius 1 is 1.38 bits per heavy atom. The van der Waals surface area contributed by atoms with Crippen molar-refractivity contribution in [3.63, 3.8) is 0 Å². The van der Waals surface area contributed by atoms with Gasteiger partial charge in [0, 0.05) is 12.6 Å². The van der Waals surface area contributed by atoms with E-state index in [1.54, 1.807) is 0 Å². The highest BCUT2D eigenvalue weighted by Crippen LogP contribution is 2.24. The SMILES string of the molecule is CCC1CCCCCN1c1cccc(N)n1. The molecule has 0 aromatic carbocycles. The molecule has 1 aromatic rings. The number of hydrogen-bond donors (Lipinski definition) is 1. The number of nitrogens with zero attached hydrogens (tertiary/aromatic N) is 2. The summed E-state index contributed by atoms with van der Waals surface area (Å²) in [5, 5.41) is 0. The van der Waals surface area contributed by atoms with E-state index in [2.05, 4.69) is 22.9 Å². The molecule has 0 spiro atoms. The fourth-order valence-electron chi connectivity index (χ4n) is 2.50. The van der Waals surface area contributed by atoms with Gasteiger partial charge >= 0.3 is 0 Å². The fraction of sp³-hybridized carbons (Fsp3) is 0.615. The molecule has 1 saturated heterocycles. The lowest BCUT2D eigenvalue weighted by Gasteiger charge is -2.30. The standard InChI is InChI=1S/C13H21N3/c1-2-11-7-4-3-5-10-16(11)13-9-6-8-12(14)15-13/h6,8-9,11H,2-5,7,10H2,1H3,(H2,14,15). The summed E-state index contributed by atoms with van der Waals surface area (Å²) in [7, 11) is 0. The lowest BCUT2D eigenvalue weighted by atomic mass is 10.1. The van der Waals surface area contributed by atoms with E-state index in [4.69, 9.17) is 5.73 Å². The summed E-state index contributed by atoms with van der Waals surface area (Å²) >= 11 is 0. The minimum Gasteiger partial charge on any atom is -0.384 e. The van der Waals surface area contributed by atoms with Gasteiger partial charge in [0.25, 0.3) is 0 Å². The average Bonchev–Trinajstić information content (AvgIpc) is 2.53. The molecule has 2 heterocycles. The van der Waals surface area contributed by atoms with Crippen molar-refractivity contribution in [2.24, 2.45) is 0 Å². The van der Waals surface area contributed by atoms with Gasteiger partial charge in [0.15, 0.2) is 0 Å². The first-order valence-electron chi connectivity index (χ1n) is 6.30. The molecule has 0 saturated carbocycles. The first-order chi connectivity index (χ1) is 7.81. The smallest absolute Gasteiger partial charge is 0.131 e. The molecule has 3 heteroatoms. The topological polar surface area (TPSA) is 42.1 Å². The molecule has 3 nitrogen and oxygen atoms in total. The van der Waals surface area contributed by atoms with Gasteiger partial charge < -0.3 is 10.6 Å². The molecule has 0 amide bonds. The van der Waals surface area contributed by atoms with Crippen LogP contribution in [0.4, 0.5) is 11.6 Å². The van der Waals surface area contributed by atoms with Crippen LogP contribution < -0.4 is 10.6 Å². The number of rotatable bonds is 2. The molecule has 16 heavy (non-hydrogen) atoms. The molecule has 0 radical (unpaired) electrons. The molecule has 1 fully saturated rings. The molecule has 1 aliphatic heterocycles. The Morgan fingerprint density at radius 3 is 3.00 bits per heavy atom. The third-order valence-corrected chi connectivity index (χ3v) is 3.40. The van der Waals surface area contributed by atoms with Gasteiger partial charge in [-0.2, -0.15) is 0 Å². The van der Waals surface area contributed by atoms with Crippen LogP contribution in [0.3, 0.4) is 0 Å². The zero-order chi connectivity index (χ0) is 11.4. The Morgan fingerprint density at radius 2 is 2.25 bits per heavy atom. The van der Waals surface area contributed by atoms with Crippen LogP contribution in [0, 0.1) is 0 Å². The van der Waals surface area contributed by atoms with E-state index in [9.17, 15) is 0 Å². The Hall–Kier alpha value is -1.25. The van der Waals surface area contributed by atoms with Crippen LogP contribution in [-0.4, -0.2) is 17.6 Å². The van der Waals surface area contributed by atoms with Crippen LogP contribution in [-0.2, 0) is 0 Å².